The first-order valence-corrected chi connectivity index (χ1v) is 12.7. The average molecular weight is 525 g/mol. The van der Waals surface area contributed by atoms with Crippen molar-refractivity contribution in [3.8, 4) is 0 Å². The number of imide groups is 1. The van der Waals surface area contributed by atoms with E-state index in [1.165, 1.54) is 30.3 Å². The average Bonchev–Trinajstić information content (AvgIpc) is 3.06. The molecular formula is C25H21ClN4O5S. The highest BCUT2D eigenvalue weighted by Crippen LogP contribution is 2.26. The van der Waals surface area contributed by atoms with Crippen LogP contribution in [0.3, 0.4) is 0 Å². The Morgan fingerprint density at radius 1 is 0.889 bits per heavy atom. The maximum absolute atomic E-state index is 12.9. The van der Waals surface area contributed by atoms with Gasteiger partial charge in [-0.15, -0.1) is 0 Å². The summed E-state index contributed by atoms with van der Waals surface area (Å²) in [4.78, 5) is 39.1. The highest BCUT2D eigenvalue weighted by Gasteiger charge is 2.37. The lowest BCUT2D eigenvalue weighted by molar-refractivity contribution is -0.137. The Kier molecular flexibility index (Phi) is 7.20. The molecule has 36 heavy (non-hydrogen) atoms. The molecule has 0 aliphatic carbocycles. The molecular weight excluding hydrogens is 504 g/mol. The smallest absolute Gasteiger partial charge is 0.278 e. The number of sulfonamides is 1. The summed E-state index contributed by atoms with van der Waals surface area (Å²) >= 11 is 6.18. The molecule has 184 valence electrons. The highest BCUT2D eigenvalue weighted by atomic mass is 35.5. The summed E-state index contributed by atoms with van der Waals surface area (Å²) in [7, 11) is -3.84. The number of anilines is 2. The molecule has 1 heterocycles. The first-order chi connectivity index (χ1) is 17.1. The third-order valence-electron chi connectivity index (χ3n) is 5.41. The van der Waals surface area contributed by atoms with Crippen LogP contribution in [0.1, 0.15) is 15.9 Å². The first-order valence-electron chi connectivity index (χ1n) is 10.7. The molecule has 4 rings (SSSR count). The number of benzene rings is 3. The number of carbonyl (C=O) groups excluding carboxylic acids is 3. The van der Waals surface area contributed by atoms with E-state index in [9.17, 15) is 22.8 Å². The number of hydrogen-bond acceptors (Lipinski definition) is 6. The van der Waals surface area contributed by atoms with Crippen LogP contribution < -0.4 is 15.8 Å². The van der Waals surface area contributed by atoms with Crippen molar-refractivity contribution in [2.24, 2.45) is 5.14 Å². The molecule has 9 nitrogen and oxygen atoms in total. The summed E-state index contributed by atoms with van der Waals surface area (Å²) < 4.78 is 22.8. The Hall–Kier alpha value is -3.99. The fraction of sp³-hybridized carbons (Fsp3) is 0.0800. The third kappa shape index (κ3) is 5.62. The van der Waals surface area contributed by atoms with Crippen molar-refractivity contribution >= 4 is 50.7 Å². The molecule has 0 atom stereocenters. The zero-order valence-corrected chi connectivity index (χ0v) is 20.3. The van der Waals surface area contributed by atoms with Crippen molar-refractivity contribution in [3.05, 3.63) is 101 Å². The monoisotopic (exact) mass is 524 g/mol. The molecule has 0 radical (unpaired) electrons. The standard InChI is InChI=1S/C25H21ClN4O5S/c26-21-22(25(33)30(24(21)32)14-13-16-5-2-1-3-6-16)28-19-8-4-7-17(15-19)23(31)29-18-9-11-20(12-10-18)36(27,34)35/h1-12,15,28H,13-14H2,(H,29,31)(H2,27,34,35). The van der Waals surface area contributed by atoms with Crippen LogP contribution in [0.4, 0.5) is 11.4 Å². The number of nitrogens with one attached hydrogen (secondary N) is 2. The summed E-state index contributed by atoms with van der Waals surface area (Å²) in [6.07, 6.45) is 0.490. The first kappa shape index (κ1) is 25.1. The van der Waals surface area contributed by atoms with Crippen molar-refractivity contribution in [1.29, 1.82) is 0 Å². The topological polar surface area (TPSA) is 139 Å². The van der Waals surface area contributed by atoms with Crippen LogP contribution in [0.2, 0.25) is 0 Å². The van der Waals surface area contributed by atoms with E-state index in [1.807, 2.05) is 30.3 Å². The van der Waals surface area contributed by atoms with E-state index in [0.29, 0.717) is 17.8 Å². The second-order valence-corrected chi connectivity index (χ2v) is 9.86. The number of nitrogens with two attached hydrogens (primary N) is 1. The number of carbonyl (C=O) groups is 3. The van der Waals surface area contributed by atoms with Gasteiger partial charge in [0.05, 0.1) is 4.90 Å². The molecule has 1 aliphatic rings. The molecule has 11 heteroatoms. The summed E-state index contributed by atoms with van der Waals surface area (Å²) in [6, 6.07) is 21.1. The molecule has 3 aromatic rings. The lowest BCUT2D eigenvalue weighted by Crippen LogP contribution is -2.34. The second kappa shape index (κ2) is 10.3. The lowest BCUT2D eigenvalue weighted by Gasteiger charge is -2.15. The van der Waals surface area contributed by atoms with Gasteiger partial charge in [-0.2, -0.15) is 0 Å². The van der Waals surface area contributed by atoms with E-state index in [1.54, 1.807) is 18.2 Å². The van der Waals surface area contributed by atoms with Crippen molar-refractivity contribution < 1.29 is 22.8 Å². The minimum absolute atomic E-state index is 0.0640. The van der Waals surface area contributed by atoms with Crippen LogP contribution in [-0.4, -0.2) is 37.6 Å². The van der Waals surface area contributed by atoms with E-state index >= 15 is 0 Å². The molecule has 0 spiro atoms. The SMILES string of the molecule is NS(=O)(=O)c1ccc(NC(=O)c2cccc(NC3=C(Cl)C(=O)N(CCc4ccccc4)C3=O)c2)cc1. The highest BCUT2D eigenvalue weighted by molar-refractivity contribution is 7.89. The van der Waals surface area contributed by atoms with Crippen molar-refractivity contribution in [3.63, 3.8) is 0 Å². The van der Waals surface area contributed by atoms with Gasteiger partial charge in [-0.25, -0.2) is 13.6 Å². The van der Waals surface area contributed by atoms with Gasteiger partial charge in [0, 0.05) is 23.5 Å². The van der Waals surface area contributed by atoms with Gasteiger partial charge >= 0.3 is 0 Å². The predicted molar refractivity (Wildman–Crippen MR) is 136 cm³/mol. The van der Waals surface area contributed by atoms with Gasteiger partial charge in [-0.05, 0) is 54.4 Å². The second-order valence-electron chi connectivity index (χ2n) is 7.92. The van der Waals surface area contributed by atoms with E-state index in [0.717, 1.165) is 10.5 Å². The van der Waals surface area contributed by atoms with Crippen LogP contribution in [0.5, 0.6) is 0 Å². The maximum atomic E-state index is 12.9. The molecule has 3 amide bonds. The zero-order valence-electron chi connectivity index (χ0n) is 18.8. The van der Waals surface area contributed by atoms with E-state index in [2.05, 4.69) is 10.6 Å². The molecule has 0 unspecified atom stereocenters. The van der Waals surface area contributed by atoms with Crippen molar-refractivity contribution in [2.75, 3.05) is 17.2 Å². The molecule has 3 aromatic carbocycles. The number of nitrogens with zero attached hydrogens (tertiary/aromatic N) is 1. The third-order valence-corrected chi connectivity index (χ3v) is 6.69. The van der Waals surface area contributed by atoms with E-state index in [-0.39, 0.29) is 27.7 Å². The summed E-state index contributed by atoms with van der Waals surface area (Å²) in [6.45, 7) is 0.176. The minimum Gasteiger partial charge on any atom is -0.350 e. The van der Waals surface area contributed by atoms with Gasteiger partial charge in [-0.3, -0.25) is 19.3 Å². The molecule has 0 saturated carbocycles. The lowest BCUT2D eigenvalue weighted by atomic mass is 10.1. The Morgan fingerprint density at radius 2 is 1.58 bits per heavy atom. The molecule has 0 saturated heterocycles. The zero-order chi connectivity index (χ0) is 25.9. The van der Waals surface area contributed by atoms with Gasteiger partial charge in [-0.1, -0.05) is 48.0 Å². The summed E-state index contributed by atoms with van der Waals surface area (Å²) in [5.74, 6) is -1.61. The Balaban J connectivity index is 1.44. The van der Waals surface area contributed by atoms with Gasteiger partial charge in [0.25, 0.3) is 17.7 Å². The van der Waals surface area contributed by atoms with Crippen LogP contribution in [0, 0.1) is 0 Å². The fourth-order valence-corrected chi connectivity index (χ4v) is 4.30. The molecule has 0 aromatic heterocycles. The fourth-order valence-electron chi connectivity index (χ4n) is 3.56. The Bertz CT molecular complexity index is 1470. The number of primary sulfonamides is 1. The quantitative estimate of drug-likeness (QED) is 0.387. The van der Waals surface area contributed by atoms with Crippen molar-refractivity contribution in [2.45, 2.75) is 11.3 Å². The van der Waals surface area contributed by atoms with Crippen LogP contribution >= 0.6 is 11.6 Å². The molecule has 4 N–H and O–H groups in total. The van der Waals surface area contributed by atoms with Gasteiger partial charge in [0.15, 0.2) is 0 Å². The molecule has 0 fully saturated rings. The summed E-state index contributed by atoms with van der Waals surface area (Å²) in [5.41, 5.74) is 1.91. The van der Waals surface area contributed by atoms with Gasteiger partial charge in [0.2, 0.25) is 10.0 Å². The van der Waals surface area contributed by atoms with Gasteiger partial charge < -0.3 is 10.6 Å². The molecule has 0 bridgehead atoms. The minimum atomic E-state index is -3.84. The van der Waals surface area contributed by atoms with Crippen LogP contribution in [-0.2, 0) is 26.0 Å². The van der Waals surface area contributed by atoms with Crippen LogP contribution in [0.15, 0.2) is 94.5 Å². The Morgan fingerprint density at radius 3 is 2.25 bits per heavy atom. The van der Waals surface area contributed by atoms with E-state index < -0.39 is 27.7 Å². The Labute approximate surface area is 212 Å². The number of rotatable bonds is 8. The maximum Gasteiger partial charge on any atom is 0.278 e. The number of amides is 3. The van der Waals surface area contributed by atoms with Crippen LogP contribution in [0.25, 0.3) is 0 Å². The number of hydrogen-bond donors (Lipinski definition) is 3. The van der Waals surface area contributed by atoms with Crippen molar-refractivity contribution in [1.82, 2.24) is 4.90 Å². The van der Waals surface area contributed by atoms with E-state index in [4.69, 9.17) is 16.7 Å². The predicted octanol–water partition coefficient (Wildman–Crippen LogP) is 3.06. The van der Waals surface area contributed by atoms with Gasteiger partial charge in [0.1, 0.15) is 10.7 Å². The summed E-state index contributed by atoms with van der Waals surface area (Å²) in [5, 5.41) is 10.4. The normalized spacial score (nSPS) is 13.8. The molecule has 1 aliphatic heterocycles. The number of halogens is 1. The largest absolute Gasteiger partial charge is 0.350 e.